The average Bonchev–Trinajstić information content (AvgIpc) is 2.99. The van der Waals surface area contributed by atoms with Gasteiger partial charge in [0.1, 0.15) is 17.2 Å². The number of β-lactam (4-membered cyclic amide) rings is 1. The van der Waals surface area contributed by atoms with E-state index >= 15 is 0 Å². The average molecular weight is 629 g/mol. The van der Waals surface area contributed by atoms with Crippen LogP contribution in [0.25, 0.3) is 16.6 Å². The predicted octanol–water partition coefficient (Wildman–Crippen LogP) is 2.80. The number of ether oxygens (including phenoxy) is 3. The number of benzene rings is 3. The fraction of sp³-hybridized carbons (Fsp3) is 0.214. The molecule has 4 aromatic rings. The van der Waals surface area contributed by atoms with E-state index in [0.717, 1.165) is 17.1 Å². The van der Waals surface area contributed by atoms with Gasteiger partial charge in [-0.1, -0.05) is 0 Å². The molecule has 0 aliphatic carbocycles. The first-order valence-corrected chi connectivity index (χ1v) is 14.5. The third kappa shape index (κ3) is 5.24. The molecule has 1 fully saturated rings. The number of hydrazine groups is 1. The second-order valence-electron chi connectivity index (χ2n) is 9.45. The van der Waals surface area contributed by atoms with E-state index in [2.05, 4.69) is 10.4 Å². The molecule has 0 spiro atoms. The van der Waals surface area contributed by atoms with Crippen molar-refractivity contribution in [2.45, 2.75) is 23.2 Å². The molecule has 0 bridgehead atoms. The summed E-state index contributed by atoms with van der Waals surface area (Å²) in [5.41, 5.74) is 3.32. The van der Waals surface area contributed by atoms with Gasteiger partial charge < -0.3 is 14.2 Å². The largest absolute Gasteiger partial charge is 0.493 e. The van der Waals surface area contributed by atoms with Gasteiger partial charge in [0.2, 0.25) is 5.75 Å². The Balaban J connectivity index is 1.42. The van der Waals surface area contributed by atoms with E-state index in [4.69, 9.17) is 25.8 Å². The first-order valence-electron chi connectivity index (χ1n) is 12.6. The Kier molecular flexibility index (Phi) is 7.77. The number of nitrogens with zero attached hydrogens (tertiary/aromatic N) is 3. The number of methoxy groups -OCH3 is 3. The normalized spacial score (nSPS) is 16.5. The molecule has 1 aromatic heterocycles. The molecule has 13 nitrogen and oxygen atoms in total. The molecule has 1 aliphatic rings. The minimum atomic E-state index is -4.54. The first-order chi connectivity index (χ1) is 20.4. The van der Waals surface area contributed by atoms with E-state index in [1.165, 1.54) is 56.2 Å². The van der Waals surface area contributed by atoms with Crippen molar-refractivity contribution in [3.63, 3.8) is 0 Å². The fourth-order valence-electron chi connectivity index (χ4n) is 4.84. The van der Waals surface area contributed by atoms with Crippen LogP contribution in [0.1, 0.15) is 27.8 Å². The van der Waals surface area contributed by atoms with Crippen LogP contribution in [-0.2, 0) is 14.9 Å². The highest BCUT2D eigenvalue weighted by atomic mass is 35.5. The maximum Gasteiger partial charge on any atom is 0.294 e. The van der Waals surface area contributed by atoms with Crippen molar-refractivity contribution in [1.29, 1.82) is 0 Å². The summed E-state index contributed by atoms with van der Waals surface area (Å²) in [7, 11) is -0.168. The molecule has 2 unspecified atom stereocenters. The number of carbonyl (C=O) groups excluding carboxylic acids is 2. The van der Waals surface area contributed by atoms with E-state index in [1.807, 2.05) is 0 Å². The topological polar surface area (TPSA) is 166 Å². The zero-order chi connectivity index (χ0) is 31.2. The molecule has 43 heavy (non-hydrogen) atoms. The molecule has 224 valence electrons. The molecule has 2 amide bonds. The van der Waals surface area contributed by atoms with E-state index in [-0.39, 0.29) is 16.5 Å². The summed E-state index contributed by atoms with van der Waals surface area (Å²) in [6.07, 6.45) is 0. The van der Waals surface area contributed by atoms with Crippen LogP contribution in [0.5, 0.6) is 17.2 Å². The zero-order valence-electron chi connectivity index (χ0n) is 23.2. The lowest BCUT2D eigenvalue weighted by Crippen LogP contribution is -2.63. The Hall–Kier alpha value is -4.66. The Morgan fingerprint density at radius 3 is 2.16 bits per heavy atom. The number of hydrogen-bond donors (Lipinski definition) is 2. The van der Waals surface area contributed by atoms with Gasteiger partial charge in [0.15, 0.2) is 11.5 Å². The minimum absolute atomic E-state index is 0.0210. The Morgan fingerprint density at radius 2 is 1.60 bits per heavy atom. The standard InChI is InChI=1S/C28H25ClN4O9S/c1-14-30-20-10-9-18(43(37,38)39)13-19(20)27(35)32(14)17-7-5-15(6-8-17)26(34)31-33-24(23(29)28(33)36)16-11-21(40-2)25(42-4)22(12-16)41-3/h5-13,23-24H,1-4H3,(H,31,34)(H,37,38,39). The van der Waals surface area contributed by atoms with Crippen molar-refractivity contribution in [2.24, 2.45) is 0 Å². The number of rotatable bonds is 8. The number of carbonyl (C=O) groups is 2. The molecule has 0 radical (unpaired) electrons. The van der Waals surface area contributed by atoms with E-state index in [9.17, 15) is 27.4 Å². The van der Waals surface area contributed by atoms with Crippen LogP contribution >= 0.6 is 11.6 Å². The van der Waals surface area contributed by atoms with Gasteiger partial charge in [-0.15, -0.1) is 11.6 Å². The summed E-state index contributed by atoms with van der Waals surface area (Å²) in [5, 5.41) is 0.137. The van der Waals surface area contributed by atoms with Crippen molar-refractivity contribution >= 4 is 44.4 Å². The lowest BCUT2D eigenvalue weighted by atomic mass is 9.94. The highest BCUT2D eigenvalue weighted by Crippen LogP contribution is 2.45. The highest BCUT2D eigenvalue weighted by Gasteiger charge is 2.49. The summed E-state index contributed by atoms with van der Waals surface area (Å²) >= 11 is 6.34. The molecular weight excluding hydrogens is 604 g/mol. The third-order valence-corrected chi connectivity index (χ3v) is 8.25. The van der Waals surface area contributed by atoms with Crippen molar-refractivity contribution in [1.82, 2.24) is 20.0 Å². The Bertz CT molecular complexity index is 1920. The summed E-state index contributed by atoms with van der Waals surface area (Å²) in [6.45, 7) is 1.60. The van der Waals surface area contributed by atoms with Crippen LogP contribution in [0.15, 0.2) is 64.3 Å². The molecule has 2 atom stereocenters. The monoisotopic (exact) mass is 628 g/mol. The molecule has 1 saturated heterocycles. The van der Waals surface area contributed by atoms with E-state index < -0.39 is 43.8 Å². The Labute approximate surface area is 250 Å². The van der Waals surface area contributed by atoms with Crippen LogP contribution < -0.4 is 25.2 Å². The van der Waals surface area contributed by atoms with Gasteiger partial charge in [0, 0.05) is 5.56 Å². The van der Waals surface area contributed by atoms with Gasteiger partial charge in [-0.25, -0.2) is 9.99 Å². The molecule has 1 aliphatic heterocycles. The number of nitrogens with one attached hydrogen (secondary N) is 1. The number of aromatic nitrogens is 2. The van der Waals surface area contributed by atoms with Crippen LogP contribution in [0.3, 0.4) is 0 Å². The Morgan fingerprint density at radius 1 is 0.977 bits per heavy atom. The third-order valence-electron chi connectivity index (χ3n) is 6.97. The minimum Gasteiger partial charge on any atom is -0.493 e. The van der Waals surface area contributed by atoms with Crippen LogP contribution in [-0.4, -0.2) is 66.1 Å². The lowest BCUT2D eigenvalue weighted by Gasteiger charge is -2.44. The summed E-state index contributed by atoms with van der Waals surface area (Å²) in [6, 6.07) is 12.0. The van der Waals surface area contributed by atoms with E-state index in [1.54, 1.807) is 19.1 Å². The van der Waals surface area contributed by atoms with Gasteiger partial charge in [-0.3, -0.25) is 28.9 Å². The van der Waals surface area contributed by atoms with Gasteiger partial charge in [-0.05, 0) is 67.1 Å². The molecule has 2 N–H and O–H groups in total. The van der Waals surface area contributed by atoms with Crippen molar-refractivity contribution in [3.8, 4) is 22.9 Å². The second-order valence-corrected chi connectivity index (χ2v) is 11.3. The molecule has 3 aromatic carbocycles. The molecule has 0 saturated carbocycles. The summed E-state index contributed by atoms with van der Waals surface area (Å²) in [5.74, 6) is 0.242. The number of aryl methyl sites for hydroxylation is 1. The molecular formula is C28H25ClN4O9S. The zero-order valence-corrected chi connectivity index (χ0v) is 24.8. The van der Waals surface area contributed by atoms with Crippen molar-refractivity contribution in [3.05, 3.63) is 81.9 Å². The number of amides is 2. The SMILES string of the molecule is COc1cc(C2C(Cl)C(=O)N2NC(=O)c2ccc(-n3c(C)nc4ccc(S(=O)(=O)O)cc4c3=O)cc2)cc(OC)c1OC. The first kappa shape index (κ1) is 29.8. The molecule has 2 heterocycles. The van der Waals surface area contributed by atoms with Crippen LogP contribution in [0, 0.1) is 6.92 Å². The van der Waals surface area contributed by atoms with Gasteiger partial charge >= 0.3 is 0 Å². The smallest absolute Gasteiger partial charge is 0.294 e. The number of halogens is 1. The van der Waals surface area contributed by atoms with Crippen LogP contribution in [0.2, 0.25) is 0 Å². The van der Waals surface area contributed by atoms with Crippen molar-refractivity contribution < 1.29 is 36.8 Å². The molecule has 15 heteroatoms. The van der Waals surface area contributed by atoms with Crippen molar-refractivity contribution in [2.75, 3.05) is 21.3 Å². The number of hydrogen-bond acceptors (Lipinski definition) is 9. The number of fused-ring (bicyclic) bond motifs is 1. The maximum absolute atomic E-state index is 13.3. The van der Waals surface area contributed by atoms with Gasteiger partial charge in [-0.2, -0.15) is 8.42 Å². The summed E-state index contributed by atoms with van der Waals surface area (Å²) in [4.78, 5) is 43.0. The fourth-order valence-corrected chi connectivity index (χ4v) is 5.71. The maximum atomic E-state index is 13.3. The molecule has 5 rings (SSSR count). The number of alkyl halides is 1. The van der Waals surface area contributed by atoms with Crippen LogP contribution in [0.4, 0.5) is 0 Å². The predicted molar refractivity (Wildman–Crippen MR) is 155 cm³/mol. The quantitative estimate of drug-likeness (QED) is 0.168. The second kappa shape index (κ2) is 11.2. The van der Waals surface area contributed by atoms with Gasteiger partial charge in [0.25, 0.3) is 27.5 Å². The summed E-state index contributed by atoms with van der Waals surface area (Å²) < 4.78 is 49.9. The van der Waals surface area contributed by atoms with Gasteiger partial charge in [0.05, 0.1) is 42.8 Å². The van der Waals surface area contributed by atoms with E-state index in [0.29, 0.717) is 34.3 Å². The lowest BCUT2D eigenvalue weighted by molar-refractivity contribution is -0.149. The highest BCUT2D eigenvalue weighted by molar-refractivity contribution is 7.85.